The van der Waals surface area contributed by atoms with Crippen molar-refractivity contribution in [1.82, 2.24) is 9.55 Å². The number of anilines is 1. The quantitative estimate of drug-likeness (QED) is 0.442. The molecule has 0 aliphatic heterocycles. The smallest absolute Gasteiger partial charge is 0.244 e. The third kappa shape index (κ3) is 4.57. The average molecular weight is 500 g/mol. The highest BCUT2D eigenvalue weighted by Gasteiger charge is 2.25. The zero-order chi connectivity index (χ0) is 24.6. The molecule has 7 nitrogen and oxygen atoms in total. The number of carbonyl (C=O) groups is 1. The molecule has 0 spiro atoms. The molecule has 0 saturated heterocycles. The van der Waals surface area contributed by atoms with Gasteiger partial charge in [0.1, 0.15) is 22.9 Å². The van der Waals surface area contributed by atoms with Crippen molar-refractivity contribution in [1.29, 1.82) is 0 Å². The fourth-order valence-electron chi connectivity index (χ4n) is 3.42. The number of nitrogens with zero attached hydrogens (tertiary/aromatic N) is 2. The first-order valence-electron chi connectivity index (χ1n) is 10.1. The molecule has 2 aromatic heterocycles. The van der Waals surface area contributed by atoms with Crippen LogP contribution < -0.4 is 10.7 Å². The SMILES string of the molecule is Cc1ccc(S(=O)(=O)c2cn(CC(=O)Nc3ccc(F)c(Cl)c3)c3nc(C)ccc3c2=O)cc1. The monoisotopic (exact) mass is 499 g/mol. The van der Waals surface area contributed by atoms with Gasteiger partial charge in [-0.3, -0.25) is 9.59 Å². The summed E-state index contributed by atoms with van der Waals surface area (Å²) in [4.78, 5) is 29.7. The second-order valence-corrected chi connectivity index (χ2v) is 10.1. The van der Waals surface area contributed by atoms with E-state index >= 15 is 0 Å². The molecule has 0 unspecified atom stereocenters. The number of amides is 1. The van der Waals surface area contributed by atoms with Crippen molar-refractivity contribution in [3.05, 3.63) is 93.1 Å². The molecule has 4 aromatic rings. The van der Waals surface area contributed by atoms with Crippen LogP contribution in [0.4, 0.5) is 10.1 Å². The summed E-state index contributed by atoms with van der Waals surface area (Å²) in [5, 5.41) is 2.49. The van der Waals surface area contributed by atoms with E-state index in [-0.39, 0.29) is 33.2 Å². The summed E-state index contributed by atoms with van der Waals surface area (Å²) < 4.78 is 41.3. The molecular weight excluding hydrogens is 481 g/mol. The van der Waals surface area contributed by atoms with Gasteiger partial charge in [0.25, 0.3) is 0 Å². The average Bonchev–Trinajstić information content (AvgIpc) is 2.78. The van der Waals surface area contributed by atoms with E-state index in [0.717, 1.165) is 17.8 Å². The Hall–Kier alpha value is -3.56. The lowest BCUT2D eigenvalue weighted by Crippen LogP contribution is -2.24. The number of halogens is 2. The Balaban J connectivity index is 1.81. The first-order valence-corrected chi connectivity index (χ1v) is 12.0. The Labute approximate surface area is 199 Å². The lowest BCUT2D eigenvalue weighted by Gasteiger charge is -2.14. The van der Waals surface area contributed by atoms with E-state index in [1.165, 1.54) is 34.9 Å². The van der Waals surface area contributed by atoms with Crippen molar-refractivity contribution < 1.29 is 17.6 Å². The number of pyridine rings is 2. The van der Waals surface area contributed by atoms with Crippen LogP contribution in [0.3, 0.4) is 0 Å². The van der Waals surface area contributed by atoms with Gasteiger partial charge in [-0.05, 0) is 56.3 Å². The fourth-order valence-corrected chi connectivity index (χ4v) is 4.97. The number of aryl methyl sites for hydroxylation is 2. The lowest BCUT2D eigenvalue weighted by atomic mass is 10.2. The van der Waals surface area contributed by atoms with Gasteiger partial charge in [0, 0.05) is 17.6 Å². The predicted molar refractivity (Wildman–Crippen MR) is 127 cm³/mol. The van der Waals surface area contributed by atoms with Crippen LogP contribution in [-0.4, -0.2) is 23.9 Å². The minimum Gasteiger partial charge on any atom is -0.324 e. The van der Waals surface area contributed by atoms with Crippen LogP contribution in [0.25, 0.3) is 11.0 Å². The van der Waals surface area contributed by atoms with Crippen LogP contribution in [0.2, 0.25) is 5.02 Å². The molecule has 0 bridgehead atoms. The molecule has 2 heterocycles. The number of carbonyl (C=O) groups excluding carboxylic acids is 1. The summed E-state index contributed by atoms with van der Waals surface area (Å²) in [6, 6.07) is 12.9. The summed E-state index contributed by atoms with van der Waals surface area (Å²) in [5.41, 5.74) is 1.18. The second kappa shape index (κ2) is 9.00. The Morgan fingerprint density at radius 2 is 1.79 bits per heavy atom. The van der Waals surface area contributed by atoms with Crippen molar-refractivity contribution in [3.63, 3.8) is 0 Å². The molecule has 4 rings (SSSR count). The molecule has 1 N–H and O–H groups in total. The van der Waals surface area contributed by atoms with Gasteiger partial charge >= 0.3 is 0 Å². The summed E-state index contributed by atoms with van der Waals surface area (Å²) in [7, 11) is -4.17. The maximum absolute atomic E-state index is 13.4. The van der Waals surface area contributed by atoms with Gasteiger partial charge < -0.3 is 9.88 Å². The molecule has 0 atom stereocenters. The molecular formula is C24H19ClFN3O4S. The number of hydrogen-bond donors (Lipinski definition) is 1. The molecule has 2 aromatic carbocycles. The van der Waals surface area contributed by atoms with Crippen LogP contribution in [0, 0.1) is 19.7 Å². The number of rotatable bonds is 5. The minimum atomic E-state index is -4.17. The largest absolute Gasteiger partial charge is 0.324 e. The zero-order valence-electron chi connectivity index (χ0n) is 18.2. The van der Waals surface area contributed by atoms with Crippen LogP contribution in [0.5, 0.6) is 0 Å². The minimum absolute atomic E-state index is 0.0356. The highest BCUT2D eigenvalue weighted by Crippen LogP contribution is 2.22. The van der Waals surface area contributed by atoms with E-state index in [4.69, 9.17) is 11.6 Å². The van der Waals surface area contributed by atoms with Gasteiger partial charge in [-0.15, -0.1) is 0 Å². The Morgan fingerprint density at radius 3 is 2.47 bits per heavy atom. The van der Waals surface area contributed by atoms with Crippen LogP contribution in [0.1, 0.15) is 11.3 Å². The van der Waals surface area contributed by atoms with E-state index < -0.39 is 31.9 Å². The first kappa shape index (κ1) is 23.6. The summed E-state index contributed by atoms with van der Waals surface area (Å²) in [6.45, 7) is 3.19. The molecule has 0 aliphatic rings. The first-order chi connectivity index (χ1) is 16.1. The predicted octanol–water partition coefficient (Wildman–Crippen LogP) is 4.28. The number of sulfone groups is 1. The van der Waals surface area contributed by atoms with Gasteiger partial charge in [-0.2, -0.15) is 0 Å². The summed E-state index contributed by atoms with van der Waals surface area (Å²) in [6.07, 6.45) is 1.13. The van der Waals surface area contributed by atoms with Crippen molar-refractivity contribution >= 4 is 44.1 Å². The molecule has 0 radical (unpaired) electrons. The topological polar surface area (TPSA) is 98.1 Å². The van der Waals surface area contributed by atoms with Crippen molar-refractivity contribution in [2.24, 2.45) is 0 Å². The Bertz CT molecular complexity index is 1600. The molecule has 0 saturated carbocycles. The second-order valence-electron chi connectivity index (χ2n) is 7.77. The molecule has 174 valence electrons. The van der Waals surface area contributed by atoms with Gasteiger partial charge in [0.15, 0.2) is 0 Å². The molecule has 10 heteroatoms. The van der Waals surface area contributed by atoms with Crippen molar-refractivity contribution in [3.8, 4) is 0 Å². The number of hydrogen-bond acceptors (Lipinski definition) is 5. The number of fused-ring (bicyclic) bond motifs is 1. The Morgan fingerprint density at radius 1 is 1.09 bits per heavy atom. The van der Waals surface area contributed by atoms with Crippen molar-refractivity contribution in [2.75, 3.05) is 5.32 Å². The standard InChI is InChI=1S/C24H19ClFN3O4S/c1-14-3-7-17(8-4-14)34(32,33)21-12-29(24-18(23(21)31)9-5-15(2)27-24)13-22(30)28-16-6-10-20(26)19(25)11-16/h3-12H,13H2,1-2H3,(H,28,30). The third-order valence-electron chi connectivity index (χ3n) is 5.17. The lowest BCUT2D eigenvalue weighted by molar-refractivity contribution is -0.116. The van der Waals surface area contributed by atoms with Gasteiger partial charge in [0.2, 0.25) is 21.2 Å². The number of aromatic nitrogens is 2. The van der Waals surface area contributed by atoms with Crippen LogP contribution in [-0.2, 0) is 21.2 Å². The van der Waals surface area contributed by atoms with E-state index in [2.05, 4.69) is 10.3 Å². The maximum Gasteiger partial charge on any atom is 0.244 e. The normalized spacial score (nSPS) is 11.5. The highest BCUT2D eigenvalue weighted by atomic mass is 35.5. The number of nitrogens with one attached hydrogen (secondary N) is 1. The highest BCUT2D eigenvalue weighted by molar-refractivity contribution is 7.91. The summed E-state index contributed by atoms with van der Waals surface area (Å²) >= 11 is 5.77. The third-order valence-corrected chi connectivity index (χ3v) is 7.22. The van der Waals surface area contributed by atoms with Gasteiger partial charge in [-0.25, -0.2) is 17.8 Å². The van der Waals surface area contributed by atoms with E-state index in [9.17, 15) is 22.4 Å². The fraction of sp³-hybridized carbons (Fsp3) is 0.125. The number of benzene rings is 2. The van der Waals surface area contributed by atoms with E-state index in [1.807, 2.05) is 6.92 Å². The zero-order valence-corrected chi connectivity index (χ0v) is 19.7. The van der Waals surface area contributed by atoms with Crippen molar-refractivity contribution in [2.45, 2.75) is 30.2 Å². The van der Waals surface area contributed by atoms with Crippen LogP contribution >= 0.6 is 11.6 Å². The van der Waals surface area contributed by atoms with Gasteiger partial charge in [0.05, 0.1) is 15.3 Å². The molecule has 1 amide bonds. The molecule has 0 aliphatic carbocycles. The molecule has 34 heavy (non-hydrogen) atoms. The maximum atomic E-state index is 13.4. The van der Waals surface area contributed by atoms with E-state index in [1.54, 1.807) is 25.1 Å². The van der Waals surface area contributed by atoms with Gasteiger partial charge in [-0.1, -0.05) is 29.3 Å². The van der Waals surface area contributed by atoms with E-state index in [0.29, 0.717) is 5.69 Å². The molecule has 0 fully saturated rings. The van der Waals surface area contributed by atoms with Crippen LogP contribution in [0.15, 0.2) is 75.4 Å². The Kier molecular flexibility index (Phi) is 6.24. The summed E-state index contributed by atoms with van der Waals surface area (Å²) in [5.74, 6) is -1.17.